The van der Waals surface area contributed by atoms with Gasteiger partial charge in [0, 0.05) is 32.2 Å². The Morgan fingerprint density at radius 3 is 2.53 bits per heavy atom. The first kappa shape index (κ1) is 15.8. The van der Waals surface area contributed by atoms with Gasteiger partial charge in [-0.05, 0) is 31.9 Å². The van der Waals surface area contributed by atoms with Crippen LogP contribution in [-0.2, 0) is 11.2 Å². The molecule has 0 saturated heterocycles. The SMILES string of the molecule is COCCC(C)Oc1cc(OC)ccc1CC(C)N. The molecule has 0 spiro atoms. The van der Waals surface area contributed by atoms with Gasteiger partial charge in [-0.25, -0.2) is 0 Å². The maximum Gasteiger partial charge on any atom is 0.126 e. The molecule has 0 aliphatic heterocycles. The van der Waals surface area contributed by atoms with Gasteiger partial charge in [0.2, 0.25) is 0 Å². The summed E-state index contributed by atoms with van der Waals surface area (Å²) in [4.78, 5) is 0. The van der Waals surface area contributed by atoms with Crippen LogP contribution in [0.4, 0.5) is 0 Å². The highest BCUT2D eigenvalue weighted by Gasteiger charge is 2.11. The molecule has 0 radical (unpaired) electrons. The summed E-state index contributed by atoms with van der Waals surface area (Å²) in [5, 5.41) is 0. The number of hydrogen-bond acceptors (Lipinski definition) is 4. The lowest BCUT2D eigenvalue weighted by atomic mass is 10.1. The monoisotopic (exact) mass is 267 g/mol. The Kier molecular flexibility index (Phi) is 6.67. The van der Waals surface area contributed by atoms with E-state index in [2.05, 4.69) is 0 Å². The second-order valence-corrected chi connectivity index (χ2v) is 4.87. The van der Waals surface area contributed by atoms with Gasteiger partial charge in [-0.15, -0.1) is 0 Å². The van der Waals surface area contributed by atoms with Crippen LogP contribution < -0.4 is 15.2 Å². The van der Waals surface area contributed by atoms with E-state index in [9.17, 15) is 0 Å². The zero-order valence-electron chi connectivity index (χ0n) is 12.3. The van der Waals surface area contributed by atoms with Crippen molar-refractivity contribution in [1.82, 2.24) is 0 Å². The summed E-state index contributed by atoms with van der Waals surface area (Å²) in [5.74, 6) is 1.64. The van der Waals surface area contributed by atoms with Crippen LogP contribution in [0.25, 0.3) is 0 Å². The number of rotatable bonds is 8. The molecule has 0 saturated carbocycles. The van der Waals surface area contributed by atoms with Crippen LogP contribution in [-0.4, -0.2) is 33.0 Å². The standard InChI is InChI=1S/C15H25NO3/c1-11(16)9-13-5-6-14(18-4)10-15(13)19-12(2)7-8-17-3/h5-6,10-12H,7-9,16H2,1-4H3. The van der Waals surface area contributed by atoms with Crippen molar-refractivity contribution in [3.05, 3.63) is 23.8 Å². The lowest BCUT2D eigenvalue weighted by molar-refractivity contribution is 0.134. The van der Waals surface area contributed by atoms with Crippen LogP contribution in [0.2, 0.25) is 0 Å². The molecule has 1 aromatic rings. The van der Waals surface area contributed by atoms with Crippen LogP contribution in [0.1, 0.15) is 25.8 Å². The third-order valence-corrected chi connectivity index (χ3v) is 2.87. The summed E-state index contributed by atoms with van der Waals surface area (Å²) in [7, 11) is 3.35. The molecule has 0 aliphatic rings. The Labute approximate surface area is 115 Å². The van der Waals surface area contributed by atoms with Crippen molar-refractivity contribution in [2.45, 2.75) is 38.8 Å². The summed E-state index contributed by atoms with van der Waals surface area (Å²) >= 11 is 0. The van der Waals surface area contributed by atoms with Gasteiger partial charge in [0.1, 0.15) is 11.5 Å². The molecule has 4 nitrogen and oxygen atoms in total. The van der Waals surface area contributed by atoms with Crippen LogP contribution in [0.15, 0.2) is 18.2 Å². The number of benzene rings is 1. The van der Waals surface area contributed by atoms with E-state index in [1.807, 2.05) is 32.0 Å². The lowest BCUT2D eigenvalue weighted by Gasteiger charge is -2.19. The Morgan fingerprint density at radius 1 is 1.21 bits per heavy atom. The van der Waals surface area contributed by atoms with Crippen molar-refractivity contribution >= 4 is 0 Å². The Hall–Kier alpha value is -1.26. The number of methoxy groups -OCH3 is 2. The van der Waals surface area contributed by atoms with Crippen molar-refractivity contribution < 1.29 is 14.2 Å². The average molecular weight is 267 g/mol. The van der Waals surface area contributed by atoms with E-state index in [1.54, 1.807) is 14.2 Å². The number of ether oxygens (including phenoxy) is 3. The molecule has 1 aromatic carbocycles. The van der Waals surface area contributed by atoms with E-state index in [-0.39, 0.29) is 12.1 Å². The molecular formula is C15H25NO3. The Bertz CT molecular complexity index is 380. The van der Waals surface area contributed by atoms with Crippen LogP contribution in [0.3, 0.4) is 0 Å². The van der Waals surface area contributed by atoms with Crippen molar-refractivity contribution in [2.24, 2.45) is 5.73 Å². The van der Waals surface area contributed by atoms with Crippen molar-refractivity contribution in [2.75, 3.05) is 20.8 Å². The van der Waals surface area contributed by atoms with Crippen LogP contribution >= 0.6 is 0 Å². The normalized spacial score (nSPS) is 13.9. The minimum Gasteiger partial charge on any atom is -0.497 e. The van der Waals surface area contributed by atoms with E-state index in [4.69, 9.17) is 19.9 Å². The first-order chi connectivity index (χ1) is 9.06. The first-order valence-corrected chi connectivity index (χ1v) is 6.65. The van der Waals surface area contributed by atoms with E-state index in [0.717, 1.165) is 29.9 Å². The van der Waals surface area contributed by atoms with Crippen LogP contribution in [0, 0.1) is 0 Å². The van der Waals surface area contributed by atoms with E-state index in [0.29, 0.717) is 6.61 Å². The fourth-order valence-corrected chi connectivity index (χ4v) is 1.85. The Balaban J connectivity index is 2.81. The van der Waals surface area contributed by atoms with Gasteiger partial charge in [0.15, 0.2) is 0 Å². The van der Waals surface area contributed by atoms with Gasteiger partial charge < -0.3 is 19.9 Å². The highest BCUT2D eigenvalue weighted by molar-refractivity contribution is 5.41. The highest BCUT2D eigenvalue weighted by atomic mass is 16.5. The molecule has 0 aromatic heterocycles. The topological polar surface area (TPSA) is 53.7 Å². The van der Waals surface area contributed by atoms with E-state index < -0.39 is 0 Å². The predicted molar refractivity (Wildman–Crippen MR) is 76.9 cm³/mol. The fraction of sp³-hybridized carbons (Fsp3) is 0.600. The van der Waals surface area contributed by atoms with E-state index in [1.165, 1.54) is 0 Å². The number of nitrogens with two attached hydrogens (primary N) is 1. The average Bonchev–Trinajstić information content (AvgIpc) is 2.37. The highest BCUT2D eigenvalue weighted by Crippen LogP contribution is 2.27. The Morgan fingerprint density at radius 2 is 1.95 bits per heavy atom. The first-order valence-electron chi connectivity index (χ1n) is 6.65. The van der Waals surface area contributed by atoms with Gasteiger partial charge in [-0.1, -0.05) is 6.07 Å². The van der Waals surface area contributed by atoms with Crippen molar-refractivity contribution in [1.29, 1.82) is 0 Å². The largest absolute Gasteiger partial charge is 0.497 e. The fourth-order valence-electron chi connectivity index (χ4n) is 1.85. The molecule has 1 rings (SSSR count). The molecule has 19 heavy (non-hydrogen) atoms. The summed E-state index contributed by atoms with van der Waals surface area (Å²) < 4.78 is 16.3. The lowest BCUT2D eigenvalue weighted by Crippen LogP contribution is -2.20. The molecule has 0 fully saturated rings. The van der Waals surface area contributed by atoms with Gasteiger partial charge >= 0.3 is 0 Å². The number of hydrogen-bond donors (Lipinski definition) is 1. The molecule has 4 heteroatoms. The summed E-state index contributed by atoms with van der Waals surface area (Å²) in [5.41, 5.74) is 6.98. The second-order valence-electron chi connectivity index (χ2n) is 4.87. The molecule has 108 valence electrons. The molecule has 0 bridgehead atoms. The summed E-state index contributed by atoms with van der Waals surface area (Å²) in [6.45, 7) is 4.71. The minimum atomic E-state index is 0.0962. The van der Waals surface area contributed by atoms with Gasteiger partial charge in [-0.2, -0.15) is 0 Å². The zero-order chi connectivity index (χ0) is 14.3. The molecule has 0 heterocycles. The third-order valence-electron chi connectivity index (χ3n) is 2.87. The van der Waals surface area contributed by atoms with Gasteiger partial charge in [0.25, 0.3) is 0 Å². The summed E-state index contributed by atoms with van der Waals surface area (Å²) in [6, 6.07) is 5.97. The smallest absolute Gasteiger partial charge is 0.126 e. The molecule has 0 aliphatic carbocycles. The zero-order valence-corrected chi connectivity index (χ0v) is 12.3. The van der Waals surface area contributed by atoms with E-state index >= 15 is 0 Å². The molecular weight excluding hydrogens is 242 g/mol. The van der Waals surface area contributed by atoms with Gasteiger partial charge in [0.05, 0.1) is 13.2 Å². The maximum absolute atomic E-state index is 5.98. The maximum atomic E-state index is 5.98. The van der Waals surface area contributed by atoms with Crippen molar-refractivity contribution in [3.8, 4) is 11.5 Å². The third kappa shape index (κ3) is 5.49. The second kappa shape index (κ2) is 8.02. The van der Waals surface area contributed by atoms with Gasteiger partial charge in [-0.3, -0.25) is 0 Å². The van der Waals surface area contributed by atoms with Crippen LogP contribution in [0.5, 0.6) is 11.5 Å². The molecule has 2 N–H and O–H groups in total. The quantitative estimate of drug-likeness (QED) is 0.785. The summed E-state index contributed by atoms with van der Waals surface area (Å²) in [6.07, 6.45) is 1.74. The molecule has 2 atom stereocenters. The minimum absolute atomic E-state index is 0.0962. The molecule has 0 amide bonds. The van der Waals surface area contributed by atoms with Crippen molar-refractivity contribution in [3.63, 3.8) is 0 Å². The predicted octanol–water partition coefficient (Wildman–Crippen LogP) is 2.39. The molecule has 2 unspecified atom stereocenters.